The van der Waals surface area contributed by atoms with Gasteiger partial charge in [0, 0.05) is 50.5 Å². The number of fused-ring (bicyclic) bond motifs is 1. The second kappa shape index (κ2) is 10.4. The van der Waals surface area contributed by atoms with E-state index in [1.54, 1.807) is 6.07 Å². The molecule has 12 heteroatoms. The normalized spacial score (nSPS) is 15.5. The van der Waals surface area contributed by atoms with E-state index in [4.69, 9.17) is 0 Å². The van der Waals surface area contributed by atoms with Crippen molar-refractivity contribution in [2.24, 2.45) is 0 Å². The molecule has 1 aliphatic heterocycles. The maximum absolute atomic E-state index is 13.7. The quantitative estimate of drug-likeness (QED) is 0.433. The molecule has 0 N–H and O–H groups in total. The van der Waals surface area contributed by atoms with Gasteiger partial charge in [0.05, 0.1) is 16.6 Å². The average molecular weight is 519 g/mol. The van der Waals surface area contributed by atoms with Crippen molar-refractivity contribution in [3.05, 3.63) is 71.2 Å². The molecule has 0 radical (unpaired) electrons. The summed E-state index contributed by atoms with van der Waals surface area (Å²) in [5.41, 5.74) is -1.97. The lowest BCUT2D eigenvalue weighted by atomic mass is 10.1. The van der Waals surface area contributed by atoms with Crippen LogP contribution in [0.5, 0.6) is 0 Å². The summed E-state index contributed by atoms with van der Waals surface area (Å²) in [6.45, 7) is 1.40. The van der Waals surface area contributed by atoms with Crippen LogP contribution in [0.3, 0.4) is 0 Å². The van der Waals surface area contributed by atoms with Crippen LogP contribution in [0, 0.1) is 0 Å². The summed E-state index contributed by atoms with van der Waals surface area (Å²) < 4.78 is 79.9. The molecule has 5 nitrogen and oxygen atoms in total. The molecule has 3 heterocycles. The van der Waals surface area contributed by atoms with Crippen molar-refractivity contribution >= 4 is 29.2 Å². The summed E-state index contributed by atoms with van der Waals surface area (Å²) in [7, 11) is 0. The third-order valence-electron chi connectivity index (χ3n) is 5.65. The van der Waals surface area contributed by atoms with Gasteiger partial charge in [-0.2, -0.15) is 26.3 Å². The molecule has 4 rings (SSSR count). The van der Waals surface area contributed by atoms with E-state index in [2.05, 4.69) is 9.97 Å². The number of pyridine rings is 2. The summed E-state index contributed by atoms with van der Waals surface area (Å²) in [6.07, 6.45) is -6.13. The molecule has 0 saturated carbocycles. The van der Waals surface area contributed by atoms with Crippen LogP contribution < -0.4 is 0 Å². The molecule has 1 saturated heterocycles. The van der Waals surface area contributed by atoms with E-state index in [0.29, 0.717) is 30.5 Å². The van der Waals surface area contributed by atoms with Crippen molar-refractivity contribution in [3.8, 4) is 0 Å². The number of carbonyl (C=O) groups excluding carboxylic acids is 1. The molecule has 0 spiro atoms. The zero-order chi connectivity index (χ0) is 24.5. The third kappa shape index (κ3) is 6.21. The molecule has 1 aliphatic rings. The van der Waals surface area contributed by atoms with E-state index in [-0.39, 0.29) is 37.6 Å². The van der Waals surface area contributed by atoms with Gasteiger partial charge in [-0.25, -0.2) is 4.98 Å². The first-order valence-corrected chi connectivity index (χ1v) is 10.5. The van der Waals surface area contributed by atoms with Gasteiger partial charge in [-0.3, -0.25) is 14.7 Å². The van der Waals surface area contributed by atoms with Crippen molar-refractivity contribution in [2.45, 2.75) is 25.3 Å². The standard InChI is InChI=1S/C23H20F6N4O.ClH/c24-22(25,26)17-4-1-3-15(11-17)14-32-7-2-8-33(10-9-32)21(34)18-12-16-13-30-6-5-19(16)31-20(18)23(27,28)29;/h1,3-6,11-13H,2,7-10,14H2;1H. The Labute approximate surface area is 203 Å². The predicted octanol–water partition coefficient (Wildman–Crippen LogP) is 5.44. The van der Waals surface area contributed by atoms with E-state index in [1.165, 1.54) is 29.4 Å². The second-order valence-corrected chi connectivity index (χ2v) is 8.07. The van der Waals surface area contributed by atoms with Gasteiger partial charge >= 0.3 is 12.4 Å². The first-order valence-electron chi connectivity index (χ1n) is 10.5. The summed E-state index contributed by atoms with van der Waals surface area (Å²) in [5.74, 6) is -0.786. The number of halogens is 7. The molecule has 2 aromatic heterocycles. The Morgan fingerprint density at radius 2 is 1.71 bits per heavy atom. The SMILES string of the molecule is Cl.O=C(c1cc2cnccc2nc1C(F)(F)F)N1CCCN(Cc2cccc(C(F)(F)F)c2)CC1. The van der Waals surface area contributed by atoms with Crippen molar-refractivity contribution < 1.29 is 31.1 Å². The Morgan fingerprint density at radius 3 is 2.43 bits per heavy atom. The molecule has 0 aliphatic carbocycles. The lowest BCUT2D eigenvalue weighted by Crippen LogP contribution is -2.36. The van der Waals surface area contributed by atoms with Crippen LogP contribution in [0.4, 0.5) is 26.3 Å². The highest BCUT2D eigenvalue weighted by molar-refractivity contribution is 5.98. The smallest absolute Gasteiger partial charge is 0.337 e. The van der Waals surface area contributed by atoms with Gasteiger partial charge in [-0.05, 0) is 30.2 Å². The van der Waals surface area contributed by atoms with Crippen molar-refractivity contribution in [1.82, 2.24) is 19.8 Å². The first-order chi connectivity index (χ1) is 16.0. The zero-order valence-electron chi connectivity index (χ0n) is 18.2. The fourth-order valence-corrected chi connectivity index (χ4v) is 4.00. The third-order valence-corrected chi connectivity index (χ3v) is 5.65. The van der Waals surface area contributed by atoms with Crippen LogP contribution in [0.15, 0.2) is 48.8 Å². The maximum atomic E-state index is 13.7. The van der Waals surface area contributed by atoms with Crippen molar-refractivity contribution in [1.29, 1.82) is 0 Å². The topological polar surface area (TPSA) is 49.3 Å². The Kier molecular flexibility index (Phi) is 7.90. The minimum atomic E-state index is -4.82. The highest BCUT2D eigenvalue weighted by atomic mass is 35.5. The summed E-state index contributed by atoms with van der Waals surface area (Å²) in [5, 5.41) is 0.319. The molecule has 0 atom stereocenters. The minimum Gasteiger partial charge on any atom is -0.337 e. The van der Waals surface area contributed by atoms with Crippen LogP contribution >= 0.6 is 12.4 Å². The summed E-state index contributed by atoms with van der Waals surface area (Å²) >= 11 is 0. The van der Waals surface area contributed by atoms with Crippen molar-refractivity contribution in [3.63, 3.8) is 0 Å². The number of benzene rings is 1. The molecule has 0 bridgehead atoms. The van der Waals surface area contributed by atoms with Gasteiger partial charge in [-0.15, -0.1) is 12.4 Å². The number of hydrogen-bond donors (Lipinski definition) is 0. The van der Waals surface area contributed by atoms with E-state index in [0.717, 1.165) is 18.2 Å². The van der Waals surface area contributed by atoms with Gasteiger partial charge in [0.1, 0.15) is 0 Å². The molecular formula is C23H21ClF6N4O. The number of nitrogens with zero attached hydrogens (tertiary/aromatic N) is 4. The molecule has 1 aromatic carbocycles. The van der Waals surface area contributed by atoms with Crippen LogP contribution in [0.1, 0.15) is 33.6 Å². The van der Waals surface area contributed by atoms with Gasteiger partial charge in [0.25, 0.3) is 5.91 Å². The van der Waals surface area contributed by atoms with E-state index in [1.807, 2.05) is 4.90 Å². The molecule has 1 fully saturated rings. The largest absolute Gasteiger partial charge is 0.434 e. The van der Waals surface area contributed by atoms with Crippen LogP contribution in [-0.4, -0.2) is 51.9 Å². The van der Waals surface area contributed by atoms with Gasteiger partial charge < -0.3 is 4.90 Å². The number of carbonyl (C=O) groups is 1. The molecule has 0 unspecified atom stereocenters. The van der Waals surface area contributed by atoms with Crippen LogP contribution in [-0.2, 0) is 18.9 Å². The second-order valence-electron chi connectivity index (χ2n) is 8.07. The van der Waals surface area contributed by atoms with E-state index >= 15 is 0 Å². The highest BCUT2D eigenvalue weighted by Gasteiger charge is 2.39. The Bertz CT molecular complexity index is 1200. The van der Waals surface area contributed by atoms with Crippen molar-refractivity contribution in [2.75, 3.05) is 26.2 Å². The molecule has 3 aromatic rings. The predicted molar refractivity (Wildman–Crippen MR) is 119 cm³/mol. The number of hydrogen-bond acceptors (Lipinski definition) is 4. The van der Waals surface area contributed by atoms with Crippen LogP contribution in [0.2, 0.25) is 0 Å². The summed E-state index contributed by atoms with van der Waals surface area (Å²) in [4.78, 5) is 23.9. The van der Waals surface area contributed by atoms with Gasteiger partial charge in [0.2, 0.25) is 0 Å². The number of alkyl halides is 6. The average Bonchev–Trinajstić information content (AvgIpc) is 3.02. The van der Waals surface area contributed by atoms with Gasteiger partial charge in [0.15, 0.2) is 5.69 Å². The first kappa shape index (κ1) is 26.7. The number of rotatable bonds is 3. The summed E-state index contributed by atoms with van der Waals surface area (Å²) in [6, 6.07) is 7.51. The maximum Gasteiger partial charge on any atom is 0.434 e. The number of aromatic nitrogens is 2. The zero-order valence-corrected chi connectivity index (χ0v) is 19.1. The molecule has 1 amide bonds. The molecule has 35 heavy (non-hydrogen) atoms. The lowest BCUT2D eigenvalue weighted by Gasteiger charge is -2.23. The Balaban J connectivity index is 0.00000342. The van der Waals surface area contributed by atoms with E-state index in [9.17, 15) is 31.1 Å². The molecule has 188 valence electrons. The number of amides is 1. The van der Waals surface area contributed by atoms with Crippen LogP contribution in [0.25, 0.3) is 10.9 Å². The monoisotopic (exact) mass is 518 g/mol. The fraction of sp³-hybridized carbons (Fsp3) is 0.348. The fourth-order valence-electron chi connectivity index (χ4n) is 4.00. The minimum absolute atomic E-state index is 0. The van der Waals surface area contributed by atoms with Gasteiger partial charge in [-0.1, -0.05) is 18.2 Å². The Morgan fingerprint density at radius 1 is 0.943 bits per heavy atom. The Hall–Kier alpha value is -2.92. The molecular weight excluding hydrogens is 498 g/mol. The highest BCUT2D eigenvalue weighted by Crippen LogP contribution is 2.33. The lowest BCUT2D eigenvalue weighted by molar-refractivity contribution is -0.141. The van der Waals surface area contributed by atoms with E-state index < -0.39 is 35.1 Å².